The summed E-state index contributed by atoms with van der Waals surface area (Å²) in [6, 6.07) is 7.07. The van der Waals surface area contributed by atoms with Gasteiger partial charge in [-0.3, -0.25) is 0 Å². The van der Waals surface area contributed by atoms with Crippen LogP contribution in [0.15, 0.2) is 12.1 Å². The molecule has 2 rings (SSSR count). The standard InChI is InChI=1S/C9H9N2.Rh/c1-6-3-4-8-9(5-6)11-7(2)10-8;/h4-5H,1-2H3,(H,10,11);/q-1;. The molecule has 3 heteroatoms. The van der Waals surface area contributed by atoms with Gasteiger partial charge in [-0.25, -0.2) is 0 Å². The van der Waals surface area contributed by atoms with E-state index in [1.807, 2.05) is 19.9 Å². The second-order valence-corrected chi connectivity index (χ2v) is 2.74. The molecule has 0 saturated heterocycles. The summed E-state index contributed by atoms with van der Waals surface area (Å²) in [5, 5.41) is 0. The zero-order valence-electron chi connectivity index (χ0n) is 6.94. The Balaban J connectivity index is 0.000000720. The molecule has 1 aromatic heterocycles. The number of nitrogens with one attached hydrogen (secondary N) is 1. The molecule has 12 heavy (non-hydrogen) atoms. The van der Waals surface area contributed by atoms with Crippen molar-refractivity contribution >= 4 is 11.0 Å². The fourth-order valence-electron chi connectivity index (χ4n) is 1.19. The van der Waals surface area contributed by atoms with Crippen molar-refractivity contribution in [1.82, 2.24) is 9.97 Å². The van der Waals surface area contributed by atoms with Gasteiger partial charge in [0, 0.05) is 19.5 Å². The first kappa shape index (κ1) is 9.40. The summed E-state index contributed by atoms with van der Waals surface area (Å²) in [4.78, 5) is 7.44. The van der Waals surface area contributed by atoms with Crippen molar-refractivity contribution in [3.63, 3.8) is 0 Å². The van der Waals surface area contributed by atoms with E-state index in [1.165, 1.54) is 0 Å². The van der Waals surface area contributed by atoms with E-state index in [0.717, 1.165) is 22.4 Å². The van der Waals surface area contributed by atoms with Crippen LogP contribution in [0.25, 0.3) is 11.0 Å². The number of hydrogen-bond donors (Lipinski definition) is 1. The Bertz CT molecular complexity index is 392. The Morgan fingerprint density at radius 3 is 2.92 bits per heavy atom. The molecule has 1 N–H and O–H groups in total. The molecule has 0 fully saturated rings. The maximum Gasteiger partial charge on any atom is 0.0882 e. The molecular weight excluding hydrogens is 239 g/mol. The van der Waals surface area contributed by atoms with Crippen LogP contribution in [0, 0.1) is 19.9 Å². The van der Waals surface area contributed by atoms with E-state index in [4.69, 9.17) is 0 Å². The molecule has 0 unspecified atom stereocenters. The molecule has 2 aromatic rings. The first-order valence-corrected chi connectivity index (χ1v) is 3.60. The molecule has 65 valence electrons. The Morgan fingerprint density at radius 1 is 1.42 bits per heavy atom. The van der Waals surface area contributed by atoms with Crippen LogP contribution in [-0.2, 0) is 19.5 Å². The minimum atomic E-state index is 0. The molecule has 0 atom stereocenters. The molecule has 1 aromatic carbocycles. The predicted molar refractivity (Wildman–Crippen MR) is 44.4 cm³/mol. The summed E-state index contributed by atoms with van der Waals surface area (Å²) in [6.07, 6.45) is 0. The van der Waals surface area contributed by atoms with Crippen molar-refractivity contribution in [3.8, 4) is 0 Å². The smallest absolute Gasteiger partial charge is 0.0882 e. The molecule has 0 aliphatic rings. The Kier molecular flexibility index (Phi) is 2.63. The van der Waals surface area contributed by atoms with Gasteiger partial charge in [0.15, 0.2) is 0 Å². The van der Waals surface area contributed by atoms with Crippen LogP contribution in [0.2, 0.25) is 0 Å². The van der Waals surface area contributed by atoms with Gasteiger partial charge in [-0.05, 0) is 18.0 Å². The van der Waals surface area contributed by atoms with E-state index in [2.05, 4.69) is 22.1 Å². The fourth-order valence-corrected chi connectivity index (χ4v) is 1.19. The number of rotatable bonds is 0. The van der Waals surface area contributed by atoms with Crippen LogP contribution in [0.5, 0.6) is 0 Å². The van der Waals surface area contributed by atoms with Crippen molar-refractivity contribution in [2.45, 2.75) is 13.8 Å². The van der Waals surface area contributed by atoms with Gasteiger partial charge in [-0.15, -0.1) is 12.1 Å². The minimum Gasteiger partial charge on any atom is -0.366 e. The first-order chi connectivity index (χ1) is 5.25. The van der Waals surface area contributed by atoms with Crippen molar-refractivity contribution in [3.05, 3.63) is 29.6 Å². The predicted octanol–water partition coefficient (Wildman–Crippen LogP) is 1.98. The summed E-state index contributed by atoms with van der Waals surface area (Å²) in [5.74, 6) is 0.957. The molecule has 0 amide bonds. The summed E-state index contributed by atoms with van der Waals surface area (Å²) >= 11 is 0. The molecule has 0 spiro atoms. The second-order valence-electron chi connectivity index (χ2n) is 2.74. The normalized spacial score (nSPS) is 9.83. The van der Waals surface area contributed by atoms with Crippen LogP contribution in [-0.4, -0.2) is 9.97 Å². The van der Waals surface area contributed by atoms with Crippen molar-refractivity contribution in [2.75, 3.05) is 0 Å². The van der Waals surface area contributed by atoms with Crippen LogP contribution >= 0.6 is 0 Å². The van der Waals surface area contributed by atoms with Gasteiger partial charge in [0.1, 0.15) is 0 Å². The van der Waals surface area contributed by atoms with E-state index in [9.17, 15) is 0 Å². The van der Waals surface area contributed by atoms with Gasteiger partial charge in [-0.2, -0.15) is 11.6 Å². The average Bonchev–Trinajstić information content (AvgIpc) is 2.27. The van der Waals surface area contributed by atoms with Gasteiger partial charge in [0.2, 0.25) is 0 Å². The van der Waals surface area contributed by atoms with Gasteiger partial charge < -0.3 is 9.97 Å². The number of aromatic nitrogens is 2. The first-order valence-electron chi connectivity index (χ1n) is 3.60. The largest absolute Gasteiger partial charge is 0.366 e. The Morgan fingerprint density at radius 2 is 2.17 bits per heavy atom. The number of hydrogen-bond acceptors (Lipinski definition) is 1. The number of imidazole rings is 1. The summed E-state index contributed by atoms with van der Waals surface area (Å²) in [7, 11) is 0. The monoisotopic (exact) mass is 248 g/mol. The molecule has 0 aliphatic carbocycles. The third kappa shape index (κ3) is 1.56. The van der Waals surface area contributed by atoms with E-state index >= 15 is 0 Å². The maximum atomic E-state index is 4.27. The number of nitrogens with zero attached hydrogens (tertiary/aromatic N) is 1. The van der Waals surface area contributed by atoms with E-state index in [-0.39, 0.29) is 19.5 Å². The number of aryl methyl sites for hydroxylation is 2. The maximum absolute atomic E-state index is 4.27. The Labute approximate surface area is 84.2 Å². The van der Waals surface area contributed by atoms with Crippen molar-refractivity contribution in [2.24, 2.45) is 0 Å². The topological polar surface area (TPSA) is 28.7 Å². The van der Waals surface area contributed by atoms with E-state index < -0.39 is 0 Å². The van der Waals surface area contributed by atoms with Crippen molar-refractivity contribution < 1.29 is 19.5 Å². The average molecular weight is 248 g/mol. The van der Waals surface area contributed by atoms with Gasteiger partial charge in [-0.1, -0.05) is 6.92 Å². The van der Waals surface area contributed by atoms with Crippen LogP contribution in [0.3, 0.4) is 0 Å². The van der Waals surface area contributed by atoms with Crippen LogP contribution in [0.1, 0.15) is 11.4 Å². The zero-order chi connectivity index (χ0) is 7.84. The molecule has 0 bridgehead atoms. The van der Waals surface area contributed by atoms with Crippen LogP contribution in [0.4, 0.5) is 0 Å². The number of benzene rings is 1. The zero-order valence-corrected chi connectivity index (χ0v) is 8.57. The molecule has 0 aliphatic heterocycles. The summed E-state index contributed by atoms with van der Waals surface area (Å²) in [5.41, 5.74) is 3.23. The number of H-pyrrole nitrogens is 1. The molecule has 0 saturated carbocycles. The SMILES string of the molecule is Cc1[c-]cc2nc(C)[nH]c2c1.[Rh]. The van der Waals surface area contributed by atoms with Gasteiger partial charge >= 0.3 is 0 Å². The Hall–Kier alpha value is -0.687. The van der Waals surface area contributed by atoms with E-state index in [0.29, 0.717) is 0 Å². The second kappa shape index (κ2) is 3.36. The molecule has 2 nitrogen and oxygen atoms in total. The molecule has 1 radical (unpaired) electrons. The van der Waals surface area contributed by atoms with Gasteiger partial charge in [0.05, 0.1) is 5.82 Å². The number of fused-ring (bicyclic) bond motifs is 1. The third-order valence-electron chi connectivity index (χ3n) is 1.68. The summed E-state index contributed by atoms with van der Waals surface area (Å²) < 4.78 is 0. The summed E-state index contributed by atoms with van der Waals surface area (Å²) in [6.45, 7) is 3.98. The fraction of sp³-hybridized carbons (Fsp3) is 0.222. The number of aromatic amines is 1. The third-order valence-corrected chi connectivity index (χ3v) is 1.68. The van der Waals surface area contributed by atoms with Crippen molar-refractivity contribution in [1.29, 1.82) is 0 Å². The molecule has 1 heterocycles. The quantitative estimate of drug-likeness (QED) is 0.560. The van der Waals surface area contributed by atoms with Crippen LogP contribution < -0.4 is 0 Å². The minimum absolute atomic E-state index is 0. The van der Waals surface area contributed by atoms with E-state index in [1.54, 1.807) is 0 Å². The van der Waals surface area contributed by atoms with Gasteiger partial charge in [0.25, 0.3) is 0 Å². The molecular formula is C9H9N2Rh-.